The first-order valence-electron chi connectivity index (χ1n) is 8.01. The molecule has 3 N–H and O–H groups in total. The summed E-state index contributed by atoms with van der Waals surface area (Å²) in [4.78, 5) is 14.9. The van der Waals surface area contributed by atoms with Crippen LogP contribution in [0.4, 0.5) is 0 Å². The lowest BCUT2D eigenvalue weighted by atomic mass is 9.88. The second-order valence-corrected chi connectivity index (χ2v) is 6.82. The summed E-state index contributed by atoms with van der Waals surface area (Å²) >= 11 is 6.25. The van der Waals surface area contributed by atoms with Gasteiger partial charge in [-0.05, 0) is 36.6 Å². The molecule has 0 radical (unpaired) electrons. The SMILES string of the molecule is Cl.O=C(C1NNC2CCNCC21)N1CCc2c(Cl)cccc2C1. The van der Waals surface area contributed by atoms with Gasteiger partial charge in [0.15, 0.2) is 0 Å². The van der Waals surface area contributed by atoms with E-state index in [2.05, 4.69) is 22.2 Å². The van der Waals surface area contributed by atoms with Crippen molar-refractivity contribution in [3.05, 3.63) is 34.3 Å². The van der Waals surface area contributed by atoms with Crippen LogP contribution < -0.4 is 16.2 Å². The lowest BCUT2D eigenvalue weighted by molar-refractivity contribution is -0.135. The maximum atomic E-state index is 12.9. The van der Waals surface area contributed by atoms with Gasteiger partial charge >= 0.3 is 0 Å². The highest BCUT2D eigenvalue weighted by molar-refractivity contribution is 6.31. The summed E-state index contributed by atoms with van der Waals surface area (Å²) in [7, 11) is 0. The number of piperidine rings is 1. The van der Waals surface area contributed by atoms with Gasteiger partial charge in [-0.15, -0.1) is 12.4 Å². The first-order chi connectivity index (χ1) is 10.7. The number of halogens is 2. The van der Waals surface area contributed by atoms with Crippen molar-refractivity contribution in [3.8, 4) is 0 Å². The molecule has 0 saturated carbocycles. The van der Waals surface area contributed by atoms with Crippen LogP contribution in [0.5, 0.6) is 0 Å². The first kappa shape index (κ1) is 17.0. The minimum absolute atomic E-state index is 0. The molecular formula is C16H22Cl2N4O. The third-order valence-electron chi connectivity index (χ3n) is 5.17. The van der Waals surface area contributed by atoms with Gasteiger partial charge in [0.2, 0.25) is 5.91 Å². The smallest absolute Gasteiger partial charge is 0.241 e. The van der Waals surface area contributed by atoms with Crippen LogP contribution in [0.15, 0.2) is 18.2 Å². The molecule has 2 saturated heterocycles. The van der Waals surface area contributed by atoms with Crippen LogP contribution >= 0.6 is 24.0 Å². The second kappa shape index (κ2) is 6.95. The van der Waals surface area contributed by atoms with Gasteiger partial charge < -0.3 is 10.2 Å². The van der Waals surface area contributed by atoms with Crippen LogP contribution in [0, 0.1) is 5.92 Å². The topological polar surface area (TPSA) is 56.4 Å². The molecule has 3 aliphatic rings. The number of benzene rings is 1. The summed E-state index contributed by atoms with van der Waals surface area (Å²) in [6.45, 7) is 3.33. The number of carbonyl (C=O) groups is 1. The largest absolute Gasteiger partial charge is 0.337 e. The zero-order valence-corrected chi connectivity index (χ0v) is 14.4. The molecule has 3 unspecified atom stereocenters. The summed E-state index contributed by atoms with van der Waals surface area (Å²) in [6.07, 6.45) is 1.91. The lowest BCUT2D eigenvalue weighted by Crippen LogP contribution is -2.51. The molecule has 7 heteroatoms. The third-order valence-corrected chi connectivity index (χ3v) is 5.52. The van der Waals surface area contributed by atoms with Gasteiger partial charge in [-0.25, -0.2) is 5.43 Å². The fourth-order valence-corrected chi connectivity index (χ4v) is 4.20. The molecule has 4 rings (SSSR count). The standard InChI is InChI=1S/C16H21ClN4O.ClH/c17-13-3-1-2-10-9-21(7-5-11(10)13)16(22)15-12-8-18-6-4-14(12)19-20-15;/h1-3,12,14-15,18-20H,4-9H2;1H. The number of nitrogens with one attached hydrogen (secondary N) is 3. The van der Waals surface area contributed by atoms with Crippen LogP contribution in [-0.4, -0.2) is 42.5 Å². The Hall–Kier alpha value is -0.850. The van der Waals surface area contributed by atoms with Gasteiger partial charge in [0.1, 0.15) is 6.04 Å². The van der Waals surface area contributed by atoms with E-state index in [1.54, 1.807) is 0 Å². The van der Waals surface area contributed by atoms with E-state index in [0.29, 0.717) is 18.5 Å². The molecule has 3 aliphatic heterocycles. The Kier molecular flexibility index (Phi) is 5.13. The first-order valence-corrected chi connectivity index (χ1v) is 8.38. The number of hydrogen-bond acceptors (Lipinski definition) is 4. The molecule has 1 aromatic rings. The van der Waals surface area contributed by atoms with Crippen molar-refractivity contribution < 1.29 is 4.79 Å². The van der Waals surface area contributed by atoms with Gasteiger partial charge in [0.25, 0.3) is 0 Å². The maximum absolute atomic E-state index is 12.9. The summed E-state index contributed by atoms with van der Waals surface area (Å²) < 4.78 is 0. The lowest BCUT2D eigenvalue weighted by Gasteiger charge is -2.34. The van der Waals surface area contributed by atoms with E-state index in [-0.39, 0.29) is 24.4 Å². The minimum atomic E-state index is -0.126. The van der Waals surface area contributed by atoms with Crippen LogP contribution in [0.2, 0.25) is 5.02 Å². The van der Waals surface area contributed by atoms with Crippen molar-refractivity contribution >= 4 is 29.9 Å². The third kappa shape index (κ3) is 3.08. The normalized spacial score (nSPS) is 29.4. The van der Waals surface area contributed by atoms with Crippen molar-refractivity contribution in [2.45, 2.75) is 31.5 Å². The summed E-state index contributed by atoms with van der Waals surface area (Å²) in [5, 5.41) is 4.22. The van der Waals surface area contributed by atoms with Crippen molar-refractivity contribution in [2.75, 3.05) is 19.6 Å². The molecule has 3 atom stereocenters. The molecular weight excluding hydrogens is 335 g/mol. The summed E-state index contributed by atoms with van der Waals surface area (Å²) in [5.74, 6) is 0.538. The Balaban J connectivity index is 0.00000156. The fourth-order valence-electron chi connectivity index (χ4n) is 3.91. The molecule has 23 heavy (non-hydrogen) atoms. The predicted octanol–water partition coefficient (Wildman–Crippen LogP) is 1.10. The van der Waals surface area contributed by atoms with E-state index in [4.69, 9.17) is 11.6 Å². The molecule has 5 nitrogen and oxygen atoms in total. The van der Waals surface area contributed by atoms with Crippen LogP contribution in [0.25, 0.3) is 0 Å². The van der Waals surface area contributed by atoms with Crippen LogP contribution in [0.1, 0.15) is 17.5 Å². The van der Waals surface area contributed by atoms with E-state index in [1.165, 1.54) is 11.1 Å². The fraction of sp³-hybridized carbons (Fsp3) is 0.562. The number of hydrazine groups is 1. The molecule has 0 aliphatic carbocycles. The summed E-state index contributed by atoms with van der Waals surface area (Å²) in [6, 6.07) is 6.25. The van der Waals surface area contributed by atoms with E-state index in [1.807, 2.05) is 17.0 Å². The van der Waals surface area contributed by atoms with Gasteiger partial charge in [0.05, 0.1) is 0 Å². The molecule has 0 bridgehead atoms. The molecule has 0 aromatic heterocycles. The zero-order chi connectivity index (χ0) is 15.1. The number of rotatable bonds is 1. The van der Waals surface area contributed by atoms with Gasteiger partial charge in [-0.1, -0.05) is 23.7 Å². The Bertz CT molecular complexity index is 597. The summed E-state index contributed by atoms with van der Waals surface area (Å²) in [5.41, 5.74) is 8.90. The van der Waals surface area contributed by atoms with E-state index < -0.39 is 0 Å². The van der Waals surface area contributed by atoms with Gasteiger partial charge in [-0.2, -0.15) is 0 Å². The molecule has 3 heterocycles. The number of carbonyl (C=O) groups excluding carboxylic acids is 1. The Morgan fingerprint density at radius 2 is 2.17 bits per heavy atom. The highest BCUT2D eigenvalue weighted by Crippen LogP contribution is 2.28. The van der Waals surface area contributed by atoms with E-state index in [0.717, 1.165) is 37.5 Å². The van der Waals surface area contributed by atoms with Crippen molar-refractivity contribution in [3.63, 3.8) is 0 Å². The minimum Gasteiger partial charge on any atom is -0.337 e. The molecule has 1 amide bonds. The molecule has 126 valence electrons. The number of fused-ring (bicyclic) bond motifs is 2. The van der Waals surface area contributed by atoms with Crippen LogP contribution in [-0.2, 0) is 17.8 Å². The zero-order valence-electron chi connectivity index (χ0n) is 12.8. The molecule has 1 aromatic carbocycles. The second-order valence-electron chi connectivity index (χ2n) is 6.42. The molecule has 2 fully saturated rings. The number of amides is 1. The quantitative estimate of drug-likeness (QED) is 0.705. The van der Waals surface area contributed by atoms with E-state index >= 15 is 0 Å². The number of hydrogen-bond donors (Lipinski definition) is 3. The average Bonchev–Trinajstić information content (AvgIpc) is 2.98. The highest BCUT2D eigenvalue weighted by atomic mass is 35.5. The van der Waals surface area contributed by atoms with Gasteiger partial charge in [-0.3, -0.25) is 10.2 Å². The van der Waals surface area contributed by atoms with Crippen molar-refractivity contribution in [1.29, 1.82) is 0 Å². The van der Waals surface area contributed by atoms with Crippen LogP contribution in [0.3, 0.4) is 0 Å². The van der Waals surface area contributed by atoms with Crippen molar-refractivity contribution in [2.24, 2.45) is 5.92 Å². The average molecular weight is 357 g/mol. The Morgan fingerprint density at radius 1 is 1.30 bits per heavy atom. The maximum Gasteiger partial charge on any atom is 0.241 e. The molecule has 0 spiro atoms. The predicted molar refractivity (Wildman–Crippen MR) is 92.6 cm³/mol. The van der Waals surface area contributed by atoms with Gasteiger partial charge in [0, 0.05) is 36.6 Å². The number of nitrogens with zero attached hydrogens (tertiary/aromatic N) is 1. The van der Waals surface area contributed by atoms with E-state index in [9.17, 15) is 4.79 Å². The monoisotopic (exact) mass is 356 g/mol. The van der Waals surface area contributed by atoms with Crippen molar-refractivity contribution in [1.82, 2.24) is 21.1 Å². The Labute approximate surface area is 147 Å². The Morgan fingerprint density at radius 3 is 3.04 bits per heavy atom. The highest BCUT2D eigenvalue weighted by Gasteiger charge is 2.43.